The SMILES string of the molecule is O=P(Oc1ccccc1)(Oc1ccccc1)c1cc(F)cc(F)c1. The molecule has 3 aromatic carbocycles. The van der Waals surface area contributed by atoms with Gasteiger partial charge >= 0.3 is 7.60 Å². The van der Waals surface area contributed by atoms with E-state index >= 15 is 0 Å². The van der Waals surface area contributed by atoms with Crippen LogP contribution in [0.1, 0.15) is 0 Å². The summed E-state index contributed by atoms with van der Waals surface area (Å²) < 4.78 is 51.4. The summed E-state index contributed by atoms with van der Waals surface area (Å²) in [5, 5.41) is -0.201. The third-order valence-corrected chi connectivity index (χ3v) is 4.89. The zero-order chi connectivity index (χ0) is 17.0. The normalized spacial score (nSPS) is 11.1. The lowest BCUT2D eigenvalue weighted by Gasteiger charge is -2.20. The molecule has 6 heteroatoms. The van der Waals surface area contributed by atoms with E-state index in [2.05, 4.69) is 0 Å². The lowest BCUT2D eigenvalue weighted by molar-refractivity contribution is 0.398. The van der Waals surface area contributed by atoms with Crippen LogP contribution in [0.25, 0.3) is 0 Å². The van der Waals surface area contributed by atoms with E-state index in [1.54, 1.807) is 60.7 Å². The van der Waals surface area contributed by atoms with E-state index in [-0.39, 0.29) is 16.8 Å². The first-order chi connectivity index (χ1) is 11.5. The van der Waals surface area contributed by atoms with Crippen molar-refractivity contribution in [2.75, 3.05) is 0 Å². The first-order valence-corrected chi connectivity index (χ1v) is 8.65. The number of hydrogen-bond acceptors (Lipinski definition) is 3. The van der Waals surface area contributed by atoms with Crippen LogP contribution < -0.4 is 14.4 Å². The van der Waals surface area contributed by atoms with Gasteiger partial charge in [0.05, 0.1) is 5.30 Å². The zero-order valence-electron chi connectivity index (χ0n) is 12.4. The average molecular weight is 346 g/mol. The van der Waals surface area contributed by atoms with E-state index in [9.17, 15) is 13.3 Å². The molecule has 3 nitrogen and oxygen atoms in total. The van der Waals surface area contributed by atoms with Crippen LogP contribution in [-0.2, 0) is 4.57 Å². The third-order valence-electron chi connectivity index (χ3n) is 3.10. The van der Waals surface area contributed by atoms with Crippen molar-refractivity contribution >= 4 is 12.9 Å². The molecule has 0 N–H and O–H groups in total. The van der Waals surface area contributed by atoms with Crippen molar-refractivity contribution in [3.63, 3.8) is 0 Å². The number of rotatable bonds is 5. The predicted molar refractivity (Wildman–Crippen MR) is 87.7 cm³/mol. The molecule has 0 fully saturated rings. The Morgan fingerprint density at radius 2 is 1.08 bits per heavy atom. The van der Waals surface area contributed by atoms with Crippen LogP contribution in [0, 0.1) is 11.6 Å². The molecule has 0 aliphatic heterocycles. The highest BCUT2D eigenvalue weighted by Crippen LogP contribution is 2.47. The van der Waals surface area contributed by atoms with Crippen LogP contribution in [0.4, 0.5) is 8.78 Å². The zero-order valence-corrected chi connectivity index (χ0v) is 13.3. The topological polar surface area (TPSA) is 35.5 Å². The predicted octanol–water partition coefficient (Wildman–Crippen LogP) is 4.94. The maximum atomic E-state index is 13.6. The summed E-state index contributed by atoms with van der Waals surface area (Å²) >= 11 is 0. The highest BCUT2D eigenvalue weighted by Gasteiger charge is 2.32. The quantitative estimate of drug-likeness (QED) is 0.614. The van der Waals surface area contributed by atoms with Gasteiger partial charge < -0.3 is 9.05 Å². The lowest BCUT2D eigenvalue weighted by Crippen LogP contribution is -2.16. The number of benzene rings is 3. The summed E-state index contributed by atoms with van der Waals surface area (Å²) in [6.07, 6.45) is 0. The van der Waals surface area contributed by atoms with E-state index in [4.69, 9.17) is 9.05 Å². The molecule has 3 aromatic rings. The van der Waals surface area contributed by atoms with Gasteiger partial charge in [-0.2, -0.15) is 0 Å². The summed E-state index contributed by atoms with van der Waals surface area (Å²) in [6.45, 7) is 0. The highest BCUT2D eigenvalue weighted by molar-refractivity contribution is 7.63. The summed E-state index contributed by atoms with van der Waals surface area (Å²) in [6, 6.07) is 19.2. The number of hydrogen-bond donors (Lipinski definition) is 0. The Balaban J connectivity index is 2.04. The summed E-state index contributed by atoms with van der Waals surface area (Å²) in [5.74, 6) is -1.19. The maximum Gasteiger partial charge on any atom is 0.463 e. The molecular weight excluding hydrogens is 333 g/mol. The van der Waals surface area contributed by atoms with Gasteiger partial charge in [0, 0.05) is 6.07 Å². The van der Waals surface area contributed by atoms with Crippen molar-refractivity contribution in [1.82, 2.24) is 0 Å². The fourth-order valence-corrected chi connectivity index (χ4v) is 3.67. The van der Waals surface area contributed by atoms with Gasteiger partial charge in [0.1, 0.15) is 23.1 Å². The minimum atomic E-state index is -4.05. The Hall–Kier alpha value is -2.65. The largest absolute Gasteiger partial charge is 0.463 e. The standard InChI is InChI=1S/C18H13F2O3P/c19-14-11-15(20)13-18(12-14)24(21,22-16-7-3-1-4-8-16)23-17-9-5-2-6-10-17/h1-13H. The molecule has 0 unspecified atom stereocenters. The smallest absolute Gasteiger partial charge is 0.413 e. The Kier molecular flexibility index (Phi) is 4.63. The average Bonchev–Trinajstić information content (AvgIpc) is 2.56. The second kappa shape index (κ2) is 6.85. The van der Waals surface area contributed by atoms with Gasteiger partial charge in [-0.05, 0) is 36.4 Å². The molecule has 0 aromatic heterocycles. The first-order valence-electron chi connectivity index (χ1n) is 7.11. The Morgan fingerprint density at radius 1 is 0.667 bits per heavy atom. The van der Waals surface area contributed by atoms with E-state index in [1.807, 2.05) is 0 Å². The molecule has 122 valence electrons. The fraction of sp³-hybridized carbons (Fsp3) is 0. The summed E-state index contributed by atoms with van der Waals surface area (Å²) in [5.41, 5.74) is 0. The van der Waals surface area contributed by atoms with Crippen LogP contribution in [0.2, 0.25) is 0 Å². The van der Waals surface area contributed by atoms with E-state index in [0.29, 0.717) is 6.07 Å². The molecule has 0 heterocycles. The summed E-state index contributed by atoms with van der Waals surface area (Å²) in [7, 11) is -4.05. The fourth-order valence-electron chi connectivity index (χ4n) is 2.06. The third kappa shape index (κ3) is 3.81. The van der Waals surface area contributed by atoms with Crippen molar-refractivity contribution in [3.8, 4) is 11.5 Å². The molecule has 0 bridgehead atoms. The Labute approximate surface area is 138 Å². The molecular formula is C18H13F2O3P. The van der Waals surface area contributed by atoms with E-state index in [0.717, 1.165) is 12.1 Å². The van der Waals surface area contributed by atoms with Crippen LogP contribution >= 0.6 is 7.60 Å². The molecule has 24 heavy (non-hydrogen) atoms. The first kappa shape index (κ1) is 16.2. The number of halogens is 2. The van der Waals surface area contributed by atoms with E-state index < -0.39 is 19.2 Å². The van der Waals surface area contributed by atoms with Crippen molar-refractivity contribution in [1.29, 1.82) is 0 Å². The molecule has 0 spiro atoms. The van der Waals surface area contributed by atoms with Crippen molar-refractivity contribution in [2.45, 2.75) is 0 Å². The van der Waals surface area contributed by atoms with Gasteiger partial charge in [0.25, 0.3) is 0 Å². The van der Waals surface area contributed by atoms with Gasteiger partial charge in [-0.3, -0.25) is 0 Å². The Bertz CT molecular complexity index is 804. The van der Waals surface area contributed by atoms with Crippen LogP contribution in [0.5, 0.6) is 11.5 Å². The summed E-state index contributed by atoms with van der Waals surface area (Å²) in [4.78, 5) is 0. The van der Waals surface area contributed by atoms with Gasteiger partial charge in [0.2, 0.25) is 0 Å². The van der Waals surface area contributed by atoms with Gasteiger partial charge in [0.15, 0.2) is 0 Å². The van der Waals surface area contributed by atoms with Gasteiger partial charge in [-0.15, -0.1) is 0 Å². The molecule has 3 rings (SSSR count). The van der Waals surface area contributed by atoms with Crippen molar-refractivity contribution < 1.29 is 22.4 Å². The van der Waals surface area contributed by atoms with Crippen molar-refractivity contribution in [3.05, 3.63) is 90.5 Å². The van der Waals surface area contributed by atoms with E-state index in [1.165, 1.54) is 0 Å². The second-order valence-corrected chi connectivity index (χ2v) is 6.81. The van der Waals surface area contributed by atoms with Crippen LogP contribution in [0.15, 0.2) is 78.9 Å². The number of para-hydroxylation sites is 2. The monoisotopic (exact) mass is 346 g/mol. The maximum absolute atomic E-state index is 13.6. The Morgan fingerprint density at radius 3 is 1.50 bits per heavy atom. The lowest BCUT2D eigenvalue weighted by atomic mass is 10.3. The highest BCUT2D eigenvalue weighted by atomic mass is 31.2. The molecule has 0 amide bonds. The van der Waals surface area contributed by atoms with Crippen molar-refractivity contribution in [2.24, 2.45) is 0 Å². The minimum Gasteiger partial charge on any atom is -0.413 e. The minimum absolute atomic E-state index is 0.201. The van der Waals surface area contributed by atoms with Crippen LogP contribution in [0.3, 0.4) is 0 Å². The molecule has 0 aliphatic rings. The van der Waals surface area contributed by atoms with Gasteiger partial charge in [-0.1, -0.05) is 36.4 Å². The molecule has 0 atom stereocenters. The molecule has 0 radical (unpaired) electrons. The molecule has 0 saturated heterocycles. The second-order valence-electron chi connectivity index (χ2n) is 4.93. The van der Waals surface area contributed by atoms with Gasteiger partial charge in [-0.25, -0.2) is 13.3 Å². The molecule has 0 aliphatic carbocycles. The van der Waals surface area contributed by atoms with Crippen LogP contribution in [-0.4, -0.2) is 0 Å². The molecule has 0 saturated carbocycles.